The van der Waals surface area contributed by atoms with Crippen molar-refractivity contribution in [1.82, 2.24) is 4.90 Å². The van der Waals surface area contributed by atoms with Crippen LogP contribution in [0.1, 0.15) is 47.4 Å². The van der Waals surface area contributed by atoms with Crippen LogP contribution in [-0.2, 0) is 16.7 Å². The van der Waals surface area contributed by atoms with E-state index in [1.54, 1.807) is 20.3 Å². The van der Waals surface area contributed by atoms with Gasteiger partial charge >= 0.3 is 0 Å². The first kappa shape index (κ1) is 26.3. The number of rotatable bonds is 7. The van der Waals surface area contributed by atoms with E-state index in [2.05, 4.69) is 47.4 Å². The van der Waals surface area contributed by atoms with E-state index in [9.17, 15) is 5.11 Å². The Balaban J connectivity index is 0.00000304. The molecule has 6 heteroatoms. The number of phenolic OH excluding ortho intramolecular Hbond substituents is 1. The number of aromatic hydroxyl groups is 1. The normalized spacial score (nSPS) is 17.6. The molecule has 1 saturated heterocycles. The topological polar surface area (TPSA) is 51.2 Å². The second kappa shape index (κ2) is 11.5. The number of fused-ring (bicyclic) bond motifs is 2. The van der Waals surface area contributed by atoms with Crippen molar-refractivity contribution >= 4 is 12.4 Å². The molecule has 1 unspecified atom stereocenters. The smallest absolute Gasteiger partial charge is 0.161 e. The summed E-state index contributed by atoms with van der Waals surface area (Å²) in [6, 6.07) is 22.6. The lowest BCUT2D eigenvalue weighted by molar-refractivity contribution is 0.0252. The first-order chi connectivity index (χ1) is 17.1. The molecule has 0 aromatic heterocycles. The SMILES string of the molecule is COc1cc2c(cc1OC)C1(CCOCC1)CN(CCC(c1ccccc1)c1ccccc1O)C2.Cl. The van der Waals surface area contributed by atoms with Crippen LogP contribution in [0.5, 0.6) is 17.2 Å². The summed E-state index contributed by atoms with van der Waals surface area (Å²) in [5.74, 6) is 2.08. The van der Waals surface area contributed by atoms with Gasteiger partial charge < -0.3 is 19.3 Å². The van der Waals surface area contributed by atoms with Crippen molar-refractivity contribution in [3.63, 3.8) is 0 Å². The van der Waals surface area contributed by atoms with Gasteiger partial charge in [-0.3, -0.25) is 4.90 Å². The lowest BCUT2D eigenvalue weighted by Gasteiger charge is -2.47. The van der Waals surface area contributed by atoms with Crippen LogP contribution >= 0.6 is 12.4 Å². The summed E-state index contributed by atoms with van der Waals surface area (Å²) in [5.41, 5.74) is 4.98. The van der Waals surface area contributed by atoms with Gasteiger partial charge in [-0.25, -0.2) is 0 Å². The van der Waals surface area contributed by atoms with E-state index in [0.717, 1.165) is 69.2 Å². The Bertz CT molecular complexity index is 1150. The van der Waals surface area contributed by atoms with Crippen LogP contribution in [0.4, 0.5) is 0 Å². The molecule has 2 aliphatic rings. The third kappa shape index (κ3) is 5.19. The third-order valence-corrected chi connectivity index (χ3v) is 7.80. The number of benzene rings is 3. The molecule has 0 amide bonds. The molecule has 1 N–H and O–H groups in total. The van der Waals surface area contributed by atoms with Crippen LogP contribution in [0.15, 0.2) is 66.7 Å². The molecule has 1 atom stereocenters. The van der Waals surface area contributed by atoms with Crippen molar-refractivity contribution in [1.29, 1.82) is 0 Å². The van der Waals surface area contributed by atoms with Crippen LogP contribution < -0.4 is 9.47 Å². The fourth-order valence-electron chi connectivity index (χ4n) is 5.98. The molecule has 3 aromatic rings. The standard InChI is InChI=1S/C30H35NO4.ClH/c1-33-28-18-23-20-31(21-30(13-16-35-17-14-30)26(23)19-29(28)34-2)15-12-24(22-8-4-3-5-9-22)25-10-6-7-11-27(25)32;/h3-11,18-19,24,32H,12-17,20-21H2,1-2H3;1H. The molecule has 5 rings (SSSR count). The predicted octanol–water partition coefficient (Wildman–Crippen LogP) is 5.92. The first-order valence-corrected chi connectivity index (χ1v) is 12.5. The summed E-state index contributed by atoms with van der Waals surface area (Å²) in [6.45, 7) is 4.38. The highest BCUT2D eigenvalue weighted by molar-refractivity contribution is 5.85. The molecule has 0 saturated carbocycles. The van der Waals surface area contributed by atoms with E-state index in [1.807, 2.05) is 18.2 Å². The summed E-state index contributed by atoms with van der Waals surface area (Å²) in [5, 5.41) is 10.7. The number of hydrogen-bond donors (Lipinski definition) is 1. The van der Waals surface area contributed by atoms with Crippen LogP contribution in [-0.4, -0.2) is 50.5 Å². The van der Waals surface area contributed by atoms with Gasteiger partial charge in [0.05, 0.1) is 14.2 Å². The van der Waals surface area contributed by atoms with Gasteiger partial charge in [-0.2, -0.15) is 0 Å². The zero-order valence-corrected chi connectivity index (χ0v) is 21.9. The van der Waals surface area contributed by atoms with Gasteiger partial charge in [-0.1, -0.05) is 48.5 Å². The van der Waals surface area contributed by atoms with E-state index >= 15 is 0 Å². The molecule has 0 aliphatic carbocycles. The number of methoxy groups -OCH3 is 2. The Hall–Kier alpha value is -2.73. The molecule has 192 valence electrons. The summed E-state index contributed by atoms with van der Waals surface area (Å²) in [6.07, 6.45) is 2.94. The van der Waals surface area contributed by atoms with Crippen molar-refractivity contribution in [2.75, 3.05) is 40.5 Å². The van der Waals surface area contributed by atoms with Crippen molar-refractivity contribution in [3.8, 4) is 17.2 Å². The molecule has 2 heterocycles. The van der Waals surface area contributed by atoms with Gasteiger partial charge in [0.15, 0.2) is 11.5 Å². The fraction of sp³-hybridized carbons (Fsp3) is 0.400. The molecule has 36 heavy (non-hydrogen) atoms. The number of phenols is 1. The van der Waals surface area contributed by atoms with Crippen LogP contribution in [0.25, 0.3) is 0 Å². The Morgan fingerprint density at radius 3 is 2.31 bits per heavy atom. The Kier molecular flexibility index (Phi) is 8.45. The van der Waals surface area contributed by atoms with Gasteiger partial charge in [-0.15, -0.1) is 12.4 Å². The van der Waals surface area contributed by atoms with E-state index in [-0.39, 0.29) is 23.7 Å². The average molecular weight is 510 g/mol. The number of para-hydroxylation sites is 1. The number of halogens is 1. The second-order valence-corrected chi connectivity index (χ2v) is 9.78. The summed E-state index contributed by atoms with van der Waals surface area (Å²) in [7, 11) is 3.41. The average Bonchev–Trinajstić information content (AvgIpc) is 2.90. The van der Waals surface area contributed by atoms with Crippen molar-refractivity contribution < 1.29 is 19.3 Å². The van der Waals surface area contributed by atoms with E-state index in [1.165, 1.54) is 16.7 Å². The highest BCUT2D eigenvalue weighted by atomic mass is 35.5. The quantitative estimate of drug-likeness (QED) is 0.428. The maximum absolute atomic E-state index is 10.7. The van der Waals surface area contributed by atoms with Crippen molar-refractivity contribution in [2.45, 2.75) is 37.1 Å². The molecule has 0 radical (unpaired) electrons. The maximum atomic E-state index is 10.7. The van der Waals surface area contributed by atoms with E-state index in [0.29, 0.717) is 5.75 Å². The van der Waals surface area contributed by atoms with Crippen molar-refractivity contribution in [3.05, 3.63) is 89.0 Å². The molecule has 3 aromatic carbocycles. The molecular weight excluding hydrogens is 474 g/mol. The lowest BCUT2D eigenvalue weighted by atomic mass is 9.69. The van der Waals surface area contributed by atoms with E-state index < -0.39 is 0 Å². The fourth-order valence-corrected chi connectivity index (χ4v) is 5.98. The number of ether oxygens (including phenoxy) is 3. The molecule has 1 spiro atoms. The van der Waals surface area contributed by atoms with Gasteiger partial charge in [0.2, 0.25) is 0 Å². The molecule has 1 fully saturated rings. The summed E-state index contributed by atoms with van der Waals surface area (Å²) < 4.78 is 17.1. The Morgan fingerprint density at radius 1 is 0.944 bits per heavy atom. The maximum Gasteiger partial charge on any atom is 0.161 e. The summed E-state index contributed by atoms with van der Waals surface area (Å²) in [4.78, 5) is 2.58. The van der Waals surface area contributed by atoms with Crippen LogP contribution in [0.2, 0.25) is 0 Å². The van der Waals surface area contributed by atoms with Crippen molar-refractivity contribution in [2.24, 2.45) is 0 Å². The zero-order chi connectivity index (χ0) is 24.3. The van der Waals surface area contributed by atoms with E-state index in [4.69, 9.17) is 14.2 Å². The molecular formula is C30H36ClNO4. The van der Waals surface area contributed by atoms with Gasteiger partial charge in [0.1, 0.15) is 5.75 Å². The Morgan fingerprint density at radius 2 is 1.61 bits per heavy atom. The second-order valence-electron chi connectivity index (χ2n) is 9.78. The first-order valence-electron chi connectivity index (χ1n) is 12.5. The van der Waals surface area contributed by atoms with Gasteiger partial charge in [0, 0.05) is 43.2 Å². The van der Waals surface area contributed by atoms with Crippen LogP contribution in [0.3, 0.4) is 0 Å². The monoisotopic (exact) mass is 509 g/mol. The molecule has 5 nitrogen and oxygen atoms in total. The predicted molar refractivity (Wildman–Crippen MR) is 145 cm³/mol. The number of hydrogen-bond acceptors (Lipinski definition) is 5. The number of nitrogens with zero attached hydrogens (tertiary/aromatic N) is 1. The highest BCUT2D eigenvalue weighted by Gasteiger charge is 2.41. The minimum absolute atomic E-state index is 0. The minimum Gasteiger partial charge on any atom is -0.508 e. The lowest BCUT2D eigenvalue weighted by Crippen LogP contribution is -2.49. The molecule has 0 bridgehead atoms. The largest absolute Gasteiger partial charge is 0.508 e. The zero-order valence-electron chi connectivity index (χ0n) is 21.1. The minimum atomic E-state index is 0. The Labute approximate surface area is 220 Å². The molecule has 2 aliphatic heterocycles. The third-order valence-electron chi connectivity index (χ3n) is 7.80. The van der Waals surface area contributed by atoms with Gasteiger partial charge in [0.25, 0.3) is 0 Å². The van der Waals surface area contributed by atoms with Gasteiger partial charge in [-0.05, 0) is 60.7 Å². The summed E-state index contributed by atoms with van der Waals surface area (Å²) >= 11 is 0. The highest BCUT2D eigenvalue weighted by Crippen LogP contribution is 2.45. The van der Waals surface area contributed by atoms with Crippen LogP contribution in [0, 0.1) is 0 Å².